The lowest BCUT2D eigenvalue weighted by Gasteiger charge is -2.44. The van der Waals surface area contributed by atoms with E-state index in [4.69, 9.17) is 0 Å². The Morgan fingerprint density at radius 1 is 1.06 bits per heavy atom. The van der Waals surface area contributed by atoms with Crippen LogP contribution in [0.25, 0.3) is 0 Å². The van der Waals surface area contributed by atoms with Gasteiger partial charge in [0.15, 0.2) is 0 Å². The second kappa shape index (κ2) is 10.6. The van der Waals surface area contributed by atoms with E-state index in [2.05, 4.69) is 51.7 Å². The predicted octanol–water partition coefficient (Wildman–Crippen LogP) is 5.59. The molecule has 0 heterocycles. The van der Waals surface area contributed by atoms with Crippen LogP contribution in [-0.2, 0) is 0 Å². The zero-order chi connectivity index (χ0) is 22.6. The first-order chi connectivity index (χ1) is 14.8. The lowest BCUT2D eigenvalue weighted by Crippen LogP contribution is -2.35. The van der Waals surface area contributed by atoms with E-state index in [9.17, 15) is 15.3 Å². The summed E-state index contributed by atoms with van der Waals surface area (Å²) in [5.41, 5.74) is 4.37. The van der Waals surface area contributed by atoms with Crippen LogP contribution in [0.15, 0.2) is 47.6 Å². The summed E-state index contributed by atoms with van der Waals surface area (Å²) in [7, 11) is 0. The molecular formula is C28H44O3. The fourth-order valence-electron chi connectivity index (χ4n) is 6.57. The van der Waals surface area contributed by atoms with Gasteiger partial charge in [0, 0.05) is 19.1 Å². The molecule has 31 heavy (non-hydrogen) atoms. The minimum absolute atomic E-state index is 0.0344. The van der Waals surface area contributed by atoms with Crippen molar-refractivity contribution in [3.8, 4) is 0 Å². The summed E-state index contributed by atoms with van der Waals surface area (Å²) in [6, 6.07) is 0. The Kier molecular flexibility index (Phi) is 8.40. The van der Waals surface area contributed by atoms with Crippen molar-refractivity contribution in [2.45, 2.75) is 78.2 Å². The SMILES string of the molecule is C=C1CC[C@H](O)CC1=CC=C1CCC[C@@]2(C)C1CC[C@@H]2[C@H](C)/C=C/[C@H](C)C(CO)CO. The Labute approximate surface area is 189 Å². The number of rotatable bonds is 7. The summed E-state index contributed by atoms with van der Waals surface area (Å²) < 4.78 is 0. The third kappa shape index (κ3) is 5.43. The smallest absolute Gasteiger partial charge is 0.0583 e. The maximum atomic E-state index is 10.0. The van der Waals surface area contributed by atoms with Crippen molar-refractivity contribution >= 4 is 0 Å². The number of aliphatic hydroxyl groups excluding tert-OH is 3. The van der Waals surface area contributed by atoms with Crippen LogP contribution >= 0.6 is 0 Å². The standard InChI is InChI=1S/C28H44O3/c1-19-9-12-25(31)16-23(19)11-10-22-6-5-15-28(4)26(13-14-27(22)28)21(3)8-7-20(2)24(17-29)18-30/h7-8,10-11,20-21,24-27,29-31H,1,5-6,9,12-18H2,2-4H3/b8-7+,22-10?,23-11?/t20-,21+,25-,26+,27?,28+/m0/s1. The second-order valence-corrected chi connectivity index (χ2v) is 10.8. The van der Waals surface area contributed by atoms with Crippen molar-refractivity contribution in [1.29, 1.82) is 0 Å². The predicted molar refractivity (Wildman–Crippen MR) is 128 cm³/mol. The molecule has 0 amide bonds. The zero-order valence-electron chi connectivity index (χ0n) is 19.9. The number of fused-ring (bicyclic) bond motifs is 1. The van der Waals surface area contributed by atoms with Crippen LogP contribution in [0.3, 0.4) is 0 Å². The summed E-state index contributed by atoms with van der Waals surface area (Å²) in [6.45, 7) is 11.2. The Morgan fingerprint density at radius 2 is 1.81 bits per heavy atom. The minimum Gasteiger partial charge on any atom is -0.396 e. The minimum atomic E-state index is -0.214. The molecule has 174 valence electrons. The van der Waals surface area contributed by atoms with E-state index < -0.39 is 0 Å². The largest absolute Gasteiger partial charge is 0.396 e. The Bertz CT molecular complexity index is 714. The highest BCUT2D eigenvalue weighted by Gasteiger charge is 2.50. The molecule has 6 atom stereocenters. The fraction of sp³-hybridized carbons (Fsp3) is 0.714. The van der Waals surface area contributed by atoms with E-state index in [-0.39, 0.29) is 31.2 Å². The molecule has 3 aliphatic rings. The molecule has 0 spiro atoms. The first-order valence-corrected chi connectivity index (χ1v) is 12.5. The van der Waals surface area contributed by atoms with Crippen molar-refractivity contribution in [1.82, 2.24) is 0 Å². The van der Waals surface area contributed by atoms with Gasteiger partial charge in [-0.2, -0.15) is 0 Å². The molecule has 3 N–H and O–H groups in total. The van der Waals surface area contributed by atoms with E-state index in [0.717, 1.165) is 19.3 Å². The molecule has 3 rings (SSSR count). The van der Waals surface area contributed by atoms with Crippen molar-refractivity contribution in [2.24, 2.45) is 35.0 Å². The first kappa shape index (κ1) is 24.5. The Morgan fingerprint density at radius 3 is 2.52 bits per heavy atom. The molecule has 0 aromatic heterocycles. The van der Waals surface area contributed by atoms with Gasteiger partial charge in [-0.3, -0.25) is 0 Å². The third-order valence-electron chi connectivity index (χ3n) is 8.79. The van der Waals surface area contributed by atoms with Crippen LogP contribution in [0.4, 0.5) is 0 Å². The normalized spacial score (nSPS) is 36.5. The molecule has 0 radical (unpaired) electrons. The van der Waals surface area contributed by atoms with Gasteiger partial charge in [0.2, 0.25) is 0 Å². The van der Waals surface area contributed by atoms with Crippen LogP contribution in [0.2, 0.25) is 0 Å². The van der Waals surface area contributed by atoms with Crippen molar-refractivity contribution in [3.05, 3.63) is 47.6 Å². The first-order valence-electron chi connectivity index (χ1n) is 12.5. The molecule has 0 aromatic carbocycles. The second-order valence-electron chi connectivity index (χ2n) is 10.8. The average Bonchev–Trinajstić information content (AvgIpc) is 3.11. The molecule has 3 fully saturated rings. The summed E-state index contributed by atoms with van der Waals surface area (Å²) in [6.07, 6.45) is 17.8. The number of hydrogen-bond acceptors (Lipinski definition) is 3. The van der Waals surface area contributed by atoms with Gasteiger partial charge in [-0.05, 0) is 86.0 Å². The Hall–Kier alpha value is -1.16. The van der Waals surface area contributed by atoms with Crippen molar-refractivity contribution < 1.29 is 15.3 Å². The van der Waals surface area contributed by atoms with Crippen LogP contribution in [0.1, 0.15) is 72.1 Å². The number of hydrogen-bond donors (Lipinski definition) is 3. The van der Waals surface area contributed by atoms with Crippen LogP contribution in [-0.4, -0.2) is 34.6 Å². The maximum absolute atomic E-state index is 10.0. The molecule has 0 aliphatic heterocycles. The van der Waals surface area contributed by atoms with Gasteiger partial charge in [0.25, 0.3) is 0 Å². The highest BCUT2D eigenvalue weighted by Crippen LogP contribution is 2.59. The van der Waals surface area contributed by atoms with Gasteiger partial charge in [0.05, 0.1) is 6.10 Å². The number of aliphatic hydroxyl groups is 3. The summed E-state index contributed by atoms with van der Waals surface area (Å²) in [4.78, 5) is 0. The molecule has 0 saturated heterocycles. The molecule has 0 aromatic rings. The van der Waals surface area contributed by atoms with Gasteiger partial charge in [-0.1, -0.05) is 62.8 Å². The molecule has 3 aliphatic carbocycles. The quantitative estimate of drug-likeness (QED) is 0.464. The van der Waals surface area contributed by atoms with Crippen LogP contribution in [0.5, 0.6) is 0 Å². The summed E-state index contributed by atoms with van der Waals surface area (Å²) in [5.74, 6) is 1.95. The van der Waals surface area contributed by atoms with Gasteiger partial charge in [-0.25, -0.2) is 0 Å². The van der Waals surface area contributed by atoms with Crippen LogP contribution in [0, 0.1) is 35.0 Å². The summed E-state index contributed by atoms with van der Waals surface area (Å²) >= 11 is 0. The molecule has 3 heteroatoms. The highest BCUT2D eigenvalue weighted by molar-refractivity contribution is 5.36. The zero-order valence-corrected chi connectivity index (χ0v) is 19.9. The van der Waals surface area contributed by atoms with Gasteiger partial charge in [0.1, 0.15) is 0 Å². The molecule has 3 saturated carbocycles. The van der Waals surface area contributed by atoms with E-state index >= 15 is 0 Å². The maximum Gasteiger partial charge on any atom is 0.0583 e. The lowest BCUT2D eigenvalue weighted by molar-refractivity contribution is 0.111. The summed E-state index contributed by atoms with van der Waals surface area (Å²) in [5, 5.41) is 28.9. The van der Waals surface area contributed by atoms with Gasteiger partial charge < -0.3 is 15.3 Å². The van der Waals surface area contributed by atoms with E-state index in [1.807, 2.05) is 0 Å². The van der Waals surface area contributed by atoms with Crippen LogP contribution < -0.4 is 0 Å². The molecule has 0 bridgehead atoms. The van der Waals surface area contributed by atoms with Gasteiger partial charge >= 0.3 is 0 Å². The molecule has 3 nitrogen and oxygen atoms in total. The monoisotopic (exact) mass is 428 g/mol. The van der Waals surface area contributed by atoms with E-state index in [1.54, 1.807) is 5.57 Å². The fourth-order valence-corrected chi connectivity index (χ4v) is 6.57. The number of allylic oxidation sites excluding steroid dienone is 6. The van der Waals surface area contributed by atoms with Gasteiger partial charge in [-0.15, -0.1) is 0 Å². The van der Waals surface area contributed by atoms with E-state index in [1.165, 1.54) is 43.3 Å². The Balaban J connectivity index is 1.72. The average molecular weight is 429 g/mol. The lowest BCUT2D eigenvalue weighted by atomic mass is 9.61. The van der Waals surface area contributed by atoms with E-state index in [0.29, 0.717) is 23.2 Å². The van der Waals surface area contributed by atoms with Crippen molar-refractivity contribution in [2.75, 3.05) is 13.2 Å². The highest BCUT2D eigenvalue weighted by atomic mass is 16.3. The molecular weight excluding hydrogens is 384 g/mol. The van der Waals surface area contributed by atoms with Crippen molar-refractivity contribution in [3.63, 3.8) is 0 Å². The molecule has 1 unspecified atom stereocenters. The topological polar surface area (TPSA) is 60.7 Å². The third-order valence-corrected chi connectivity index (χ3v) is 8.79.